The molecule has 0 N–H and O–H groups in total. The second-order valence-corrected chi connectivity index (χ2v) is 5.53. The molecule has 1 aromatic carbocycles. The van der Waals surface area contributed by atoms with Crippen molar-refractivity contribution in [2.75, 3.05) is 0 Å². The fourth-order valence-electron chi connectivity index (χ4n) is 4.45. The summed E-state index contributed by atoms with van der Waals surface area (Å²) >= 11 is 0. The first kappa shape index (κ1) is 7.15. The minimum absolute atomic E-state index is 0.509. The van der Waals surface area contributed by atoms with Crippen molar-refractivity contribution in [3.8, 4) is 0 Å². The highest BCUT2D eigenvalue weighted by Crippen LogP contribution is 2.76. The lowest BCUT2D eigenvalue weighted by Gasteiger charge is -2.29. The van der Waals surface area contributed by atoms with Crippen LogP contribution in [0.3, 0.4) is 0 Å². The molecule has 2 saturated carbocycles. The van der Waals surface area contributed by atoms with Gasteiger partial charge in [-0.2, -0.15) is 10.2 Å². The first-order valence-corrected chi connectivity index (χ1v) is 5.91. The average Bonchev–Trinajstić information content (AvgIpc) is 2.75. The van der Waals surface area contributed by atoms with Crippen LogP contribution in [0.5, 0.6) is 0 Å². The van der Waals surface area contributed by atoms with Gasteiger partial charge in [0.25, 0.3) is 0 Å². The number of benzene rings is 1. The molecule has 1 aromatic rings. The van der Waals surface area contributed by atoms with Crippen molar-refractivity contribution in [3.63, 3.8) is 0 Å². The second kappa shape index (κ2) is 1.89. The lowest BCUT2D eigenvalue weighted by atomic mass is 9.77. The van der Waals surface area contributed by atoms with Crippen LogP contribution < -0.4 is 0 Å². The lowest BCUT2D eigenvalue weighted by Crippen LogP contribution is -2.26. The molecule has 2 nitrogen and oxygen atoms in total. The first-order valence-electron chi connectivity index (χ1n) is 5.91. The highest BCUT2D eigenvalue weighted by Gasteiger charge is 2.73. The fourth-order valence-corrected chi connectivity index (χ4v) is 4.45. The maximum Gasteiger partial charge on any atom is 0.0872 e. The van der Waals surface area contributed by atoms with Crippen LogP contribution in [0.15, 0.2) is 34.5 Å². The molecular weight excluding hydrogens is 184 g/mol. The second-order valence-electron chi connectivity index (χ2n) is 5.53. The summed E-state index contributed by atoms with van der Waals surface area (Å²) in [4.78, 5) is 0. The van der Waals surface area contributed by atoms with E-state index in [4.69, 9.17) is 0 Å². The van der Waals surface area contributed by atoms with Crippen LogP contribution in [0.4, 0.5) is 0 Å². The molecule has 2 fully saturated rings. The van der Waals surface area contributed by atoms with E-state index < -0.39 is 0 Å². The quantitative estimate of drug-likeness (QED) is 0.609. The van der Waals surface area contributed by atoms with Crippen molar-refractivity contribution in [1.82, 2.24) is 0 Å². The molecular formula is C13H12N2. The van der Waals surface area contributed by atoms with Gasteiger partial charge >= 0.3 is 0 Å². The molecule has 74 valence electrons. The Morgan fingerprint density at radius 3 is 2.67 bits per heavy atom. The predicted octanol–water partition coefficient (Wildman–Crippen LogP) is 2.86. The van der Waals surface area contributed by atoms with Gasteiger partial charge in [0.05, 0.1) is 12.1 Å². The Balaban J connectivity index is 1.85. The zero-order valence-electron chi connectivity index (χ0n) is 8.43. The average molecular weight is 196 g/mol. The van der Waals surface area contributed by atoms with E-state index in [9.17, 15) is 0 Å². The monoisotopic (exact) mass is 196 g/mol. The van der Waals surface area contributed by atoms with Gasteiger partial charge in [0.15, 0.2) is 0 Å². The zero-order chi connectivity index (χ0) is 9.62. The SMILES string of the molecule is c1ccc2c(c1)[C@H]1[C@@H]3N=N[C@@H]1C1(CC1)[C@@H]23. The molecule has 0 saturated heterocycles. The molecule has 0 amide bonds. The Labute approximate surface area is 88.4 Å². The zero-order valence-corrected chi connectivity index (χ0v) is 8.43. The van der Waals surface area contributed by atoms with Crippen LogP contribution in [-0.2, 0) is 0 Å². The summed E-state index contributed by atoms with van der Waals surface area (Å²) in [6.45, 7) is 0. The van der Waals surface area contributed by atoms with Gasteiger partial charge in [-0.25, -0.2) is 0 Å². The molecule has 3 aliphatic carbocycles. The van der Waals surface area contributed by atoms with E-state index in [1.807, 2.05) is 0 Å². The Hall–Kier alpha value is -1.18. The molecule has 1 spiro atoms. The lowest BCUT2D eigenvalue weighted by molar-refractivity contribution is 0.353. The molecule has 4 atom stereocenters. The van der Waals surface area contributed by atoms with E-state index in [0.29, 0.717) is 23.4 Å². The Morgan fingerprint density at radius 2 is 1.87 bits per heavy atom. The van der Waals surface area contributed by atoms with Crippen LogP contribution in [0.1, 0.15) is 35.8 Å². The van der Waals surface area contributed by atoms with Gasteiger partial charge in [-0.15, -0.1) is 0 Å². The Morgan fingerprint density at radius 1 is 1.07 bits per heavy atom. The standard InChI is InChI=1S/C13H12N2/c1-2-4-8-7(3-1)9-11-10(8)13(5-6-13)12(9)15-14-11/h1-4,9-12H,5-6H2/t9-,10-,11-,12-/m0/s1. The summed E-state index contributed by atoms with van der Waals surface area (Å²) in [5, 5.41) is 9.03. The third-order valence-corrected chi connectivity index (χ3v) is 5.10. The van der Waals surface area contributed by atoms with Gasteiger partial charge in [0.2, 0.25) is 0 Å². The maximum absolute atomic E-state index is 4.53. The van der Waals surface area contributed by atoms with E-state index in [1.54, 1.807) is 11.1 Å². The van der Waals surface area contributed by atoms with Crippen LogP contribution in [0.25, 0.3) is 0 Å². The van der Waals surface area contributed by atoms with Crippen molar-refractivity contribution in [1.29, 1.82) is 0 Å². The van der Waals surface area contributed by atoms with Gasteiger partial charge in [-0.1, -0.05) is 24.3 Å². The third kappa shape index (κ3) is 0.559. The molecule has 4 aliphatic rings. The number of hydrogen-bond donors (Lipinski definition) is 0. The Bertz CT molecular complexity index is 501. The van der Waals surface area contributed by atoms with E-state index in [1.165, 1.54) is 12.8 Å². The minimum Gasteiger partial charge on any atom is -0.189 e. The van der Waals surface area contributed by atoms with Gasteiger partial charge < -0.3 is 0 Å². The summed E-state index contributed by atoms with van der Waals surface area (Å²) in [5.41, 5.74) is 3.71. The molecule has 0 radical (unpaired) electrons. The summed E-state index contributed by atoms with van der Waals surface area (Å²) in [6.07, 6.45) is 2.78. The van der Waals surface area contributed by atoms with Gasteiger partial charge in [0.1, 0.15) is 0 Å². The van der Waals surface area contributed by atoms with Crippen molar-refractivity contribution in [3.05, 3.63) is 35.4 Å². The molecule has 2 heteroatoms. The number of hydrogen-bond acceptors (Lipinski definition) is 2. The minimum atomic E-state index is 0.509. The summed E-state index contributed by atoms with van der Waals surface area (Å²) in [7, 11) is 0. The van der Waals surface area contributed by atoms with Crippen LogP contribution in [0.2, 0.25) is 0 Å². The molecule has 1 heterocycles. The molecule has 5 rings (SSSR count). The molecule has 15 heavy (non-hydrogen) atoms. The summed E-state index contributed by atoms with van der Waals surface area (Å²) in [5.74, 6) is 1.37. The summed E-state index contributed by atoms with van der Waals surface area (Å²) < 4.78 is 0. The maximum atomic E-state index is 4.53. The smallest absolute Gasteiger partial charge is 0.0872 e. The van der Waals surface area contributed by atoms with Crippen LogP contribution >= 0.6 is 0 Å². The number of azo groups is 1. The van der Waals surface area contributed by atoms with Crippen molar-refractivity contribution < 1.29 is 0 Å². The Kier molecular flexibility index (Phi) is 0.899. The number of fused-ring (bicyclic) bond motifs is 4. The normalized spacial score (nSPS) is 45.1. The van der Waals surface area contributed by atoms with E-state index in [0.717, 1.165) is 5.92 Å². The topological polar surface area (TPSA) is 24.7 Å². The van der Waals surface area contributed by atoms with Crippen molar-refractivity contribution in [2.45, 2.75) is 36.8 Å². The molecule has 4 bridgehead atoms. The van der Waals surface area contributed by atoms with Crippen molar-refractivity contribution in [2.24, 2.45) is 15.6 Å². The van der Waals surface area contributed by atoms with E-state index >= 15 is 0 Å². The number of nitrogens with zero attached hydrogens (tertiary/aromatic N) is 2. The summed E-state index contributed by atoms with van der Waals surface area (Å²) in [6, 6.07) is 10.0. The molecule has 1 aliphatic heterocycles. The molecule has 0 aromatic heterocycles. The van der Waals surface area contributed by atoms with Crippen molar-refractivity contribution >= 4 is 0 Å². The van der Waals surface area contributed by atoms with Gasteiger partial charge in [-0.3, -0.25) is 0 Å². The highest BCUT2D eigenvalue weighted by atomic mass is 15.3. The van der Waals surface area contributed by atoms with Crippen LogP contribution in [0, 0.1) is 5.41 Å². The molecule has 0 unspecified atom stereocenters. The predicted molar refractivity (Wildman–Crippen MR) is 56.0 cm³/mol. The largest absolute Gasteiger partial charge is 0.189 e. The fraction of sp³-hybridized carbons (Fsp3) is 0.538. The van der Waals surface area contributed by atoms with E-state index in [-0.39, 0.29) is 0 Å². The van der Waals surface area contributed by atoms with E-state index in [2.05, 4.69) is 34.5 Å². The third-order valence-electron chi connectivity index (χ3n) is 5.10. The van der Waals surface area contributed by atoms with Gasteiger partial charge in [0, 0.05) is 17.3 Å². The van der Waals surface area contributed by atoms with Gasteiger partial charge in [-0.05, 0) is 24.0 Å². The highest BCUT2D eigenvalue weighted by molar-refractivity contribution is 5.52. The first-order chi connectivity index (χ1) is 7.42. The number of rotatable bonds is 0. The van der Waals surface area contributed by atoms with Crippen LogP contribution in [-0.4, -0.2) is 12.1 Å².